The Morgan fingerprint density at radius 2 is 2.04 bits per heavy atom. The maximum Gasteiger partial charge on any atom is 0.309 e. The van der Waals surface area contributed by atoms with Gasteiger partial charge in [0.25, 0.3) is 0 Å². The Balaban J connectivity index is 2.05. The van der Waals surface area contributed by atoms with E-state index in [1.165, 1.54) is 0 Å². The molecule has 2 aliphatic carbocycles. The molecular weight excluding hydrogens is 296 g/mol. The van der Waals surface area contributed by atoms with Crippen LogP contribution in [0.4, 0.5) is 0 Å². The minimum absolute atomic E-state index is 0.0122. The fourth-order valence-electron chi connectivity index (χ4n) is 4.16. The van der Waals surface area contributed by atoms with Crippen molar-refractivity contribution in [1.82, 2.24) is 0 Å². The predicted octanol–water partition coefficient (Wildman–Crippen LogP) is 2.35. The molecular formula is C18H22O5. The van der Waals surface area contributed by atoms with Gasteiger partial charge in [0.05, 0.1) is 5.92 Å². The molecule has 0 aromatic carbocycles. The lowest BCUT2D eigenvalue weighted by atomic mass is 9.79. The van der Waals surface area contributed by atoms with Gasteiger partial charge in [0.15, 0.2) is 5.78 Å². The van der Waals surface area contributed by atoms with E-state index in [-0.39, 0.29) is 41.9 Å². The molecule has 0 spiro atoms. The quantitative estimate of drug-likeness (QED) is 0.731. The Hall–Kier alpha value is -1.91. The van der Waals surface area contributed by atoms with Gasteiger partial charge in [-0.25, -0.2) is 0 Å². The maximum atomic E-state index is 12.3. The third-order valence-electron chi connectivity index (χ3n) is 5.30. The van der Waals surface area contributed by atoms with Gasteiger partial charge in [-0.2, -0.15) is 0 Å². The van der Waals surface area contributed by atoms with Gasteiger partial charge in [0.2, 0.25) is 0 Å². The number of ketones is 1. The highest BCUT2D eigenvalue weighted by molar-refractivity contribution is 6.09. The number of allylic oxidation sites excluding steroid dienone is 1. The molecule has 5 atom stereocenters. The van der Waals surface area contributed by atoms with Crippen LogP contribution in [0.2, 0.25) is 0 Å². The zero-order valence-corrected chi connectivity index (χ0v) is 13.9. The fraction of sp³-hybridized carbons (Fsp3) is 0.611. The van der Waals surface area contributed by atoms with Crippen molar-refractivity contribution in [3.8, 4) is 0 Å². The van der Waals surface area contributed by atoms with Crippen LogP contribution in [-0.2, 0) is 23.9 Å². The fourth-order valence-corrected chi connectivity index (χ4v) is 4.16. The van der Waals surface area contributed by atoms with Crippen molar-refractivity contribution in [3.05, 3.63) is 22.8 Å². The van der Waals surface area contributed by atoms with E-state index >= 15 is 0 Å². The van der Waals surface area contributed by atoms with Crippen molar-refractivity contribution < 1.29 is 23.9 Å². The van der Waals surface area contributed by atoms with Crippen LogP contribution in [-0.4, -0.2) is 29.9 Å². The lowest BCUT2D eigenvalue weighted by Crippen LogP contribution is -2.37. The third-order valence-corrected chi connectivity index (χ3v) is 5.30. The second-order valence-corrected chi connectivity index (χ2v) is 6.78. The minimum atomic E-state index is -0.428. The first-order valence-electron chi connectivity index (χ1n) is 8.17. The number of carbonyl (C=O) groups excluding carboxylic acids is 3. The second-order valence-electron chi connectivity index (χ2n) is 6.78. The van der Waals surface area contributed by atoms with E-state index < -0.39 is 12.2 Å². The van der Waals surface area contributed by atoms with Gasteiger partial charge in [-0.3, -0.25) is 14.4 Å². The van der Waals surface area contributed by atoms with Gasteiger partial charge in [0.1, 0.15) is 12.2 Å². The number of ether oxygens (including phenoxy) is 2. The highest BCUT2D eigenvalue weighted by Gasteiger charge is 2.55. The van der Waals surface area contributed by atoms with Gasteiger partial charge in [-0.1, -0.05) is 25.0 Å². The highest BCUT2D eigenvalue weighted by atomic mass is 16.6. The summed E-state index contributed by atoms with van der Waals surface area (Å²) in [5.41, 5.74) is 2.57. The summed E-state index contributed by atoms with van der Waals surface area (Å²) in [7, 11) is 0. The molecule has 0 radical (unpaired) electrons. The Bertz CT molecular complexity index is 642. The standard InChI is InChI=1S/C18H22O5/c1-5-13(20)22-12-7-9(3)14-11(19)6-8(2)15(14)17-16(12)10(4)18(21)23-17/h6,10,12,15-17H,5,7H2,1-4H3/t10-,12?,15+,16-,17-/m1/s1. The van der Waals surface area contributed by atoms with Crippen LogP contribution in [0.5, 0.6) is 0 Å². The Kier molecular flexibility index (Phi) is 3.90. The Labute approximate surface area is 135 Å². The van der Waals surface area contributed by atoms with Crippen molar-refractivity contribution in [3.63, 3.8) is 0 Å². The number of esters is 2. The monoisotopic (exact) mass is 318 g/mol. The van der Waals surface area contributed by atoms with Gasteiger partial charge < -0.3 is 9.47 Å². The van der Waals surface area contributed by atoms with E-state index in [9.17, 15) is 14.4 Å². The summed E-state index contributed by atoms with van der Waals surface area (Å²) in [4.78, 5) is 36.3. The summed E-state index contributed by atoms with van der Waals surface area (Å²) >= 11 is 0. The smallest absolute Gasteiger partial charge is 0.309 e. The summed E-state index contributed by atoms with van der Waals surface area (Å²) in [6.07, 6.45) is 1.55. The third kappa shape index (κ3) is 2.42. The molecule has 0 aromatic rings. The van der Waals surface area contributed by atoms with Crippen molar-refractivity contribution in [1.29, 1.82) is 0 Å². The predicted molar refractivity (Wildman–Crippen MR) is 82.3 cm³/mol. The van der Waals surface area contributed by atoms with Crippen molar-refractivity contribution >= 4 is 17.7 Å². The molecule has 1 aliphatic heterocycles. The van der Waals surface area contributed by atoms with E-state index in [1.54, 1.807) is 13.0 Å². The topological polar surface area (TPSA) is 69.7 Å². The molecule has 3 aliphatic rings. The first-order valence-corrected chi connectivity index (χ1v) is 8.17. The SMILES string of the molecule is CCC(=O)OC1CC(C)=C2C(=O)C=C(C)[C@@H]2[C@H]2OC(=O)[C@H](C)[C@H]12. The second kappa shape index (κ2) is 5.62. The van der Waals surface area contributed by atoms with E-state index in [1.807, 2.05) is 20.8 Å². The summed E-state index contributed by atoms with van der Waals surface area (Å²) in [5, 5.41) is 0. The van der Waals surface area contributed by atoms with E-state index in [2.05, 4.69) is 0 Å². The van der Waals surface area contributed by atoms with Gasteiger partial charge in [0, 0.05) is 30.3 Å². The number of hydrogen-bond acceptors (Lipinski definition) is 5. The van der Waals surface area contributed by atoms with Crippen LogP contribution in [0, 0.1) is 17.8 Å². The van der Waals surface area contributed by atoms with E-state index in [0.717, 1.165) is 16.7 Å². The Morgan fingerprint density at radius 3 is 2.70 bits per heavy atom. The maximum absolute atomic E-state index is 12.3. The van der Waals surface area contributed by atoms with Crippen molar-refractivity contribution in [2.75, 3.05) is 0 Å². The molecule has 1 saturated heterocycles. The molecule has 0 amide bonds. The zero-order valence-electron chi connectivity index (χ0n) is 13.9. The first-order chi connectivity index (χ1) is 10.8. The largest absolute Gasteiger partial charge is 0.462 e. The lowest BCUT2D eigenvalue weighted by Gasteiger charge is -2.29. The molecule has 0 aromatic heterocycles. The van der Waals surface area contributed by atoms with Gasteiger partial charge in [-0.05, 0) is 19.9 Å². The van der Waals surface area contributed by atoms with Crippen molar-refractivity contribution in [2.45, 2.75) is 52.7 Å². The van der Waals surface area contributed by atoms with Crippen LogP contribution >= 0.6 is 0 Å². The molecule has 23 heavy (non-hydrogen) atoms. The van der Waals surface area contributed by atoms with Crippen LogP contribution in [0.15, 0.2) is 22.8 Å². The molecule has 0 N–H and O–H groups in total. The average Bonchev–Trinajstić information content (AvgIpc) is 2.89. The van der Waals surface area contributed by atoms with Crippen LogP contribution in [0.25, 0.3) is 0 Å². The molecule has 0 bridgehead atoms. The molecule has 0 saturated carbocycles. The Morgan fingerprint density at radius 1 is 1.35 bits per heavy atom. The summed E-state index contributed by atoms with van der Waals surface area (Å²) < 4.78 is 11.2. The normalized spacial score (nSPS) is 36.2. The minimum Gasteiger partial charge on any atom is -0.462 e. The number of hydrogen-bond donors (Lipinski definition) is 0. The average molecular weight is 318 g/mol. The summed E-state index contributed by atoms with van der Waals surface area (Å²) in [5.74, 6) is -1.34. The summed E-state index contributed by atoms with van der Waals surface area (Å²) in [6, 6.07) is 0. The first kappa shape index (κ1) is 16.0. The molecule has 1 fully saturated rings. The molecule has 1 heterocycles. The van der Waals surface area contributed by atoms with Gasteiger partial charge in [-0.15, -0.1) is 0 Å². The number of carbonyl (C=O) groups is 3. The molecule has 3 rings (SSSR count). The number of fused-ring (bicyclic) bond motifs is 3. The molecule has 1 unspecified atom stereocenters. The van der Waals surface area contributed by atoms with E-state index in [0.29, 0.717) is 6.42 Å². The highest BCUT2D eigenvalue weighted by Crippen LogP contribution is 2.48. The van der Waals surface area contributed by atoms with Crippen LogP contribution < -0.4 is 0 Å². The van der Waals surface area contributed by atoms with Crippen LogP contribution in [0.3, 0.4) is 0 Å². The van der Waals surface area contributed by atoms with Crippen LogP contribution in [0.1, 0.15) is 40.5 Å². The molecule has 124 valence electrons. The summed E-state index contributed by atoms with van der Waals surface area (Å²) in [6.45, 7) is 7.37. The van der Waals surface area contributed by atoms with Gasteiger partial charge >= 0.3 is 11.9 Å². The van der Waals surface area contributed by atoms with Crippen molar-refractivity contribution in [2.24, 2.45) is 17.8 Å². The molecule has 5 heteroatoms. The zero-order chi connectivity index (χ0) is 16.9. The lowest BCUT2D eigenvalue weighted by molar-refractivity contribution is -0.153. The molecule has 5 nitrogen and oxygen atoms in total. The number of rotatable bonds is 2. The van der Waals surface area contributed by atoms with E-state index in [4.69, 9.17) is 9.47 Å².